The molecule has 0 aliphatic carbocycles. The Labute approximate surface area is 155 Å². The van der Waals surface area contributed by atoms with E-state index in [-0.39, 0.29) is 17.6 Å². The maximum Gasteiger partial charge on any atom is 0.258 e. The molecule has 26 heavy (non-hydrogen) atoms. The largest absolute Gasteiger partial charge is 0.367 e. The van der Waals surface area contributed by atoms with Gasteiger partial charge in [-0.15, -0.1) is 0 Å². The Morgan fingerprint density at radius 2 is 1.62 bits per heavy atom. The fourth-order valence-corrected chi connectivity index (χ4v) is 2.81. The predicted octanol–water partition coefficient (Wildman–Crippen LogP) is 3.92. The van der Waals surface area contributed by atoms with Crippen molar-refractivity contribution < 1.29 is 19.1 Å². The second-order valence-corrected chi connectivity index (χ2v) is 7.47. The van der Waals surface area contributed by atoms with Crippen molar-refractivity contribution in [1.82, 2.24) is 0 Å². The lowest BCUT2D eigenvalue weighted by molar-refractivity contribution is -0.119. The van der Waals surface area contributed by atoms with Crippen molar-refractivity contribution in [2.45, 2.75) is 52.6 Å². The molecule has 2 amide bonds. The summed E-state index contributed by atoms with van der Waals surface area (Å²) in [4.78, 5) is 37.2. The maximum atomic E-state index is 12.7. The number of unbranched alkanes of at least 4 members (excludes halogenated alkanes) is 1. The van der Waals surface area contributed by atoms with Crippen LogP contribution in [0.1, 0.15) is 57.3 Å². The van der Waals surface area contributed by atoms with Crippen molar-refractivity contribution in [2.75, 3.05) is 11.5 Å². The number of ketones is 1. The first kappa shape index (κ1) is 20.0. The molecule has 0 atom stereocenters. The van der Waals surface area contributed by atoms with Gasteiger partial charge >= 0.3 is 0 Å². The number of rotatable bonds is 9. The van der Waals surface area contributed by atoms with Crippen LogP contribution in [0.2, 0.25) is 0 Å². The van der Waals surface area contributed by atoms with Gasteiger partial charge in [-0.2, -0.15) is 0 Å². The summed E-state index contributed by atoms with van der Waals surface area (Å²) in [5, 5.41) is 0. The van der Waals surface area contributed by atoms with E-state index in [2.05, 4.69) is 13.8 Å². The van der Waals surface area contributed by atoms with E-state index in [9.17, 15) is 14.4 Å². The fourth-order valence-electron chi connectivity index (χ4n) is 2.81. The molecule has 140 valence electrons. The average Bonchev–Trinajstić information content (AvgIpc) is 2.92. The molecular weight excluding hydrogens is 330 g/mol. The number of benzene rings is 1. The van der Waals surface area contributed by atoms with E-state index in [1.54, 1.807) is 38.1 Å². The molecule has 0 N–H and O–H groups in total. The highest BCUT2D eigenvalue weighted by molar-refractivity contribution is 6.28. The Balaban J connectivity index is 1.95. The zero-order chi connectivity index (χ0) is 19.3. The van der Waals surface area contributed by atoms with Crippen LogP contribution in [0.3, 0.4) is 0 Å². The summed E-state index contributed by atoms with van der Waals surface area (Å²) in [7, 11) is 0. The molecule has 5 heteroatoms. The SMILES string of the molecule is CC(C)CCCCOC(C)(C)C(=O)c1ccc(N2C(=O)C=CC2=O)cc1. The number of nitrogens with zero attached hydrogens (tertiary/aromatic N) is 1. The lowest BCUT2D eigenvalue weighted by atomic mass is 9.96. The van der Waals surface area contributed by atoms with Crippen molar-refractivity contribution >= 4 is 23.3 Å². The van der Waals surface area contributed by atoms with Gasteiger partial charge in [0.2, 0.25) is 0 Å². The standard InChI is InChI=1S/C21H27NO4/c1-15(2)7-5-6-14-26-21(3,4)20(25)16-8-10-17(11-9-16)22-18(23)12-13-19(22)24/h8-13,15H,5-7,14H2,1-4H3. The van der Waals surface area contributed by atoms with Crippen LogP contribution in [0.4, 0.5) is 5.69 Å². The van der Waals surface area contributed by atoms with Gasteiger partial charge in [0.15, 0.2) is 5.78 Å². The van der Waals surface area contributed by atoms with Crippen LogP contribution in [0.25, 0.3) is 0 Å². The Hall–Kier alpha value is -2.27. The van der Waals surface area contributed by atoms with Gasteiger partial charge in [0.05, 0.1) is 5.69 Å². The molecule has 5 nitrogen and oxygen atoms in total. The topological polar surface area (TPSA) is 63.7 Å². The number of hydrogen-bond acceptors (Lipinski definition) is 4. The smallest absolute Gasteiger partial charge is 0.258 e. The Morgan fingerprint density at radius 1 is 1.04 bits per heavy atom. The Morgan fingerprint density at radius 3 is 2.15 bits per heavy atom. The van der Waals surface area contributed by atoms with E-state index in [0.717, 1.165) is 24.2 Å². The molecule has 0 unspecified atom stereocenters. The lowest BCUT2D eigenvalue weighted by Crippen LogP contribution is -2.35. The minimum atomic E-state index is -0.916. The van der Waals surface area contributed by atoms with Crippen molar-refractivity contribution in [3.8, 4) is 0 Å². The summed E-state index contributed by atoms with van der Waals surface area (Å²) in [6.07, 6.45) is 5.64. The van der Waals surface area contributed by atoms with Crippen molar-refractivity contribution in [2.24, 2.45) is 5.92 Å². The van der Waals surface area contributed by atoms with Gasteiger partial charge in [-0.1, -0.05) is 26.7 Å². The van der Waals surface area contributed by atoms with Crippen molar-refractivity contribution in [3.05, 3.63) is 42.0 Å². The van der Waals surface area contributed by atoms with Gasteiger partial charge in [-0.05, 0) is 50.5 Å². The van der Waals surface area contributed by atoms with Crippen LogP contribution in [0.15, 0.2) is 36.4 Å². The van der Waals surface area contributed by atoms with Crippen molar-refractivity contribution in [1.29, 1.82) is 0 Å². The van der Waals surface area contributed by atoms with Gasteiger partial charge in [0, 0.05) is 24.3 Å². The zero-order valence-electron chi connectivity index (χ0n) is 16.0. The average molecular weight is 357 g/mol. The summed E-state index contributed by atoms with van der Waals surface area (Å²) in [6.45, 7) is 8.47. The summed E-state index contributed by atoms with van der Waals surface area (Å²) < 4.78 is 5.81. The second-order valence-electron chi connectivity index (χ2n) is 7.47. The third-order valence-corrected chi connectivity index (χ3v) is 4.38. The molecule has 1 aliphatic heterocycles. The molecule has 0 bridgehead atoms. The first-order valence-corrected chi connectivity index (χ1v) is 9.07. The summed E-state index contributed by atoms with van der Waals surface area (Å²) in [5.74, 6) is -0.198. The highest BCUT2D eigenvalue weighted by Gasteiger charge is 2.30. The number of carbonyl (C=O) groups excluding carboxylic acids is 3. The minimum Gasteiger partial charge on any atom is -0.367 e. The molecule has 0 fully saturated rings. The zero-order valence-corrected chi connectivity index (χ0v) is 16.0. The molecule has 1 aromatic rings. The van der Waals surface area contributed by atoms with Crippen LogP contribution in [-0.2, 0) is 14.3 Å². The number of anilines is 1. The highest BCUT2D eigenvalue weighted by atomic mass is 16.5. The molecule has 1 aliphatic rings. The fraction of sp³-hybridized carbons (Fsp3) is 0.476. The molecule has 0 radical (unpaired) electrons. The van der Waals surface area contributed by atoms with Gasteiger partial charge < -0.3 is 4.74 Å². The number of ether oxygens (including phenoxy) is 1. The van der Waals surface area contributed by atoms with E-state index in [1.165, 1.54) is 12.2 Å². The predicted molar refractivity (Wildman–Crippen MR) is 101 cm³/mol. The number of hydrogen-bond donors (Lipinski definition) is 0. The van der Waals surface area contributed by atoms with Gasteiger partial charge in [-0.3, -0.25) is 14.4 Å². The number of Topliss-reactive ketones (excluding diaryl/α,β-unsaturated/α-hetero) is 1. The summed E-state index contributed by atoms with van der Waals surface area (Å²) in [5.41, 5.74) is 0.0298. The monoisotopic (exact) mass is 357 g/mol. The number of amides is 2. The molecule has 0 aromatic heterocycles. The van der Waals surface area contributed by atoms with Crippen LogP contribution in [0, 0.1) is 5.92 Å². The van der Waals surface area contributed by atoms with E-state index in [4.69, 9.17) is 4.74 Å². The molecule has 0 saturated heterocycles. The first-order valence-electron chi connectivity index (χ1n) is 9.07. The van der Waals surface area contributed by atoms with E-state index < -0.39 is 5.60 Å². The van der Waals surface area contributed by atoms with Crippen LogP contribution >= 0.6 is 0 Å². The van der Waals surface area contributed by atoms with Crippen LogP contribution < -0.4 is 4.90 Å². The molecule has 2 rings (SSSR count). The van der Waals surface area contributed by atoms with E-state index in [1.807, 2.05) is 0 Å². The second kappa shape index (κ2) is 8.41. The van der Waals surface area contributed by atoms with Crippen LogP contribution in [-0.4, -0.2) is 29.8 Å². The van der Waals surface area contributed by atoms with Crippen molar-refractivity contribution in [3.63, 3.8) is 0 Å². The van der Waals surface area contributed by atoms with E-state index in [0.29, 0.717) is 23.8 Å². The molecular formula is C21H27NO4. The first-order chi connectivity index (χ1) is 12.2. The van der Waals surface area contributed by atoms with E-state index >= 15 is 0 Å². The molecule has 0 spiro atoms. The Kier molecular flexibility index (Phi) is 6.48. The van der Waals surface area contributed by atoms with Crippen LogP contribution in [0.5, 0.6) is 0 Å². The number of carbonyl (C=O) groups is 3. The Bertz CT molecular complexity index is 683. The third-order valence-electron chi connectivity index (χ3n) is 4.38. The van der Waals surface area contributed by atoms with Gasteiger partial charge in [0.25, 0.3) is 11.8 Å². The lowest BCUT2D eigenvalue weighted by Gasteiger charge is -2.24. The number of imide groups is 1. The normalized spacial score (nSPS) is 14.6. The highest BCUT2D eigenvalue weighted by Crippen LogP contribution is 2.23. The quantitative estimate of drug-likeness (QED) is 0.382. The van der Waals surface area contributed by atoms with Gasteiger partial charge in [-0.25, -0.2) is 4.90 Å². The summed E-state index contributed by atoms with van der Waals surface area (Å²) in [6, 6.07) is 6.46. The third kappa shape index (κ3) is 4.88. The molecule has 0 saturated carbocycles. The minimum absolute atomic E-state index is 0.120. The van der Waals surface area contributed by atoms with Gasteiger partial charge in [0.1, 0.15) is 5.60 Å². The summed E-state index contributed by atoms with van der Waals surface area (Å²) >= 11 is 0. The molecule has 1 heterocycles. The molecule has 1 aromatic carbocycles. The maximum absolute atomic E-state index is 12.7.